The molecule has 0 saturated carbocycles. The Morgan fingerprint density at radius 3 is 2.61 bits per heavy atom. The highest BCUT2D eigenvalue weighted by molar-refractivity contribution is 5.49. The lowest BCUT2D eigenvalue weighted by atomic mass is 10.3. The summed E-state index contributed by atoms with van der Waals surface area (Å²) in [5.41, 5.74) is 1.09. The molecule has 0 atom stereocenters. The molecule has 1 heterocycles. The first kappa shape index (κ1) is 12.5. The average Bonchev–Trinajstić information content (AvgIpc) is 2.84. The molecule has 4 heteroatoms. The van der Waals surface area contributed by atoms with Crippen LogP contribution < -0.4 is 9.64 Å². The minimum atomic E-state index is -0.0872. The standard InChI is InChI=1S/C14H17NO3/c1-15(2)11-4-3-5-12(8-11)17-10-14-7-6-13(9-16)18-14/h3-8,16H,9-10H2,1-2H3. The van der Waals surface area contributed by atoms with Crippen LogP contribution in [0.15, 0.2) is 40.8 Å². The van der Waals surface area contributed by atoms with E-state index in [1.807, 2.05) is 43.3 Å². The van der Waals surface area contributed by atoms with Crippen molar-refractivity contribution in [3.63, 3.8) is 0 Å². The lowest BCUT2D eigenvalue weighted by Crippen LogP contribution is -2.08. The topological polar surface area (TPSA) is 45.8 Å². The molecule has 0 radical (unpaired) electrons. The van der Waals surface area contributed by atoms with Crippen molar-refractivity contribution in [2.75, 3.05) is 19.0 Å². The third kappa shape index (κ3) is 3.05. The van der Waals surface area contributed by atoms with Crippen molar-refractivity contribution >= 4 is 5.69 Å². The summed E-state index contributed by atoms with van der Waals surface area (Å²) in [5.74, 6) is 2.05. The minimum absolute atomic E-state index is 0.0872. The van der Waals surface area contributed by atoms with Crippen LogP contribution in [0.2, 0.25) is 0 Å². The predicted molar refractivity (Wildman–Crippen MR) is 69.7 cm³/mol. The Kier molecular flexibility index (Phi) is 3.89. The molecule has 0 fully saturated rings. The summed E-state index contributed by atoms with van der Waals surface area (Å²) in [6.45, 7) is 0.271. The lowest BCUT2D eigenvalue weighted by Gasteiger charge is -2.13. The Labute approximate surface area is 106 Å². The van der Waals surface area contributed by atoms with E-state index in [-0.39, 0.29) is 6.61 Å². The van der Waals surface area contributed by atoms with Crippen LogP contribution in [0.1, 0.15) is 11.5 Å². The van der Waals surface area contributed by atoms with E-state index in [4.69, 9.17) is 14.3 Å². The molecule has 2 aromatic rings. The Balaban J connectivity index is 1.99. The van der Waals surface area contributed by atoms with Gasteiger partial charge < -0.3 is 19.2 Å². The Hall–Kier alpha value is -1.94. The molecule has 0 aliphatic carbocycles. The van der Waals surface area contributed by atoms with Crippen LogP contribution in [0.25, 0.3) is 0 Å². The predicted octanol–water partition coefficient (Wildman–Crippen LogP) is 2.42. The maximum Gasteiger partial charge on any atom is 0.146 e. The largest absolute Gasteiger partial charge is 0.486 e. The fraction of sp³-hybridized carbons (Fsp3) is 0.286. The van der Waals surface area contributed by atoms with E-state index in [9.17, 15) is 0 Å². The van der Waals surface area contributed by atoms with E-state index in [1.54, 1.807) is 12.1 Å². The first-order chi connectivity index (χ1) is 8.69. The van der Waals surface area contributed by atoms with Gasteiger partial charge in [0.25, 0.3) is 0 Å². The van der Waals surface area contributed by atoms with Gasteiger partial charge in [-0.05, 0) is 24.3 Å². The first-order valence-corrected chi connectivity index (χ1v) is 5.77. The summed E-state index contributed by atoms with van der Waals surface area (Å²) in [4.78, 5) is 2.02. The van der Waals surface area contributed by atoms with Gasteiger partial charge in [-0.3, -0.25) is 0 Å². The van der Waals surface area contributed by atoms with Gasteiger partial charge in [-0.2, -0.15) is 0 Å². The number of aliphatic hydroxyl groups excluding tert-OH is 1. The van der Waals surface area contributed by atoms with Gasteiger partial charge in [0, 0.05) is 25.8 Å². The summed E-state index contributed by atoms with van der Waals surface area (Å²) < 4.78 is 11.0. The fourth-order valence-corrected chi connectivity index (χ4v) is 1.59. The Bertz CT molecular complexity index is 505. The van der Waals surface area contributed by atoms with E-state index in [2.05, 4.69) is 0 Å². The molecule has 0 saturated heterocycles. The number of aliphatic hydroxyl groups is 1. The van der Waals surface area contributed by atoms with E-state index < -0.39 is 0 Å². The zero-order valence-electron chi connectivity index (χ0n) is 10.6. The number of rotatable bonds is 5. The molecule has 1 aromatic carbocycles. The number of benzene rings is 1. The Morgan fingerprint density at radius 1 is 1.17 bits per heavy atom. The molecule has 1 aromatic heterocycles. The summed E-state index contributed by atoms with van der Waals surface area (Å²) >= 11 is 0. The number of hydrogen-bond acceptors (Lipinski definition) is 4. The minimum Gasteiger partial charge on any atom is -0.486 e. The zero-order chi connectivity index (χ0) is 13.0. The van der Waals surface area contributed by atoms with Gasteiger partial charge in [-0.1, -0.05) is 6.07 Å². The van der Waals surface area contributed by atoms with Gasteiger partial charge in [-0.15, -0.1) is 0 Å². The van der Waals surface area contributed by atoms with Crippen LogP contribution in [0, 0.1) is 0 Å². The highest BCUT2D eigenvalue weighted by Gasteiger charge is 2.03. The highest BCUT2D eigenvalue weighted by Crippen LogP contribution is 2.20. The van der Waals surface area contributed by atoms with Crippen molar-refractivity contribution in [2.45, 2.75) is 13.2 Å². The fourth-order valence-electron chi connectivity index (χ4n) is 1.59. The van der Waals surface area contributed by atoms with Crippen LogP contribution in [0.5, 0.6) is 5.75 Å². The van der Waals surface area contributed by atoms with E-state index >= 15 is 0 Å². The van der Waals surface area contributed by atoms with Gasteiger partial charge in [0.05, 0.1) is 0 Å². The van der Waals surface area contributed by atoms with Gasteiger partial charge in [0.2, 0.25) is 0 Å². The quantitative estimate of drug-likeness (QED) is 0.881. The highest BCUT2D eigenvalue weighted by atomic mass is 16.5. The average molecular weight is 247 g/mol. The van der Waals surface area contributed by atoms with Crippen LogP contribution >= 0.6 is 0 Å². The lowest BCUT2D eigenvalue weighted by molar-refractivity contribution is 0.225. The number of anilines is 1. The van der Waals surface area contributed by atoms with Crippen molar-refractivity contribution in [1.82, 2.24) is 0 Å². The van der Waals surface area contributed by atoms with Gasteiger partial charge in [0.15, 0.2) is 0 Å². The van der Waals surface area contributed by atoms with E-state index in [1.165, 1.54) is 0 Å². The van der Waals surface area contributed by atoms with E-state index in [0.717, 1.165) is 11.4 Å². The van der Waals surface area contributed by atoms with Crippen molar-refractivity contribution in [1.29, 1.82) is 0 Å². The van der Waals surface area contributed by atoms with Crippen LogP contribution in [0.4, 0.5) is 5.69 Å². The van der Waals surface area contributed by atoms with Crippen LogP contribution in [-0.2, 0) is 13.2 Å². The first-order valence-electron chi connectivity index (χ1n) is 5.77. The van der Waals surface area contributed by atoms with Crippen LogP contribution in [0.3, 0.4) is 0 Å². The normalized spacial score (nSPS) is 10.4. The molecular formula is C14H17NO3. The van der Waals surface area contributed by atoms with Gasteiger partial charge in [0.1, 0.15) is 30.5 Å². The maximum atomic E-state index is 8.89. The SMILES string of the molecule is CN(C)c1cccc(OCc2ccc(CO)o2)c1. The van der Waals surface area contributed by atoms with Gasteiger partial charge >= 0.3 is 0 Å². The molecule has 18 heavy (non-hydrogen) atoms. The molecule has 0 bridgehead atoms. The third-order valence-electron chi connectivity index (χ3n) is 2.59. The molecule has 0 amide bonds. The molecule has 0 aliphatic heterocycles. The van der Waals surface area contributed by atoms with E-state index in [0.29, 0.717) is 18.1 Å². The molecule has 0 spiro atoms. The molecule has 2 rings (SSSR count). The molecule has 0 aliphatic rings. The monoisotopic (exact) mass is 247 g/mol. The maximum absolute atomic E-state index is 8.89. The van der Waals surface area contributed by atoms with Crippen molar-refractivity contribution < 1.29 is 14.3 Å². The molecule has 4 nitrogen and oxygen atoms in total. The Morgan fingerprint density at radius 2 is 1.94 bits per heavy atom. The summed E-state index contributed by atoms with van der Waals surface area (Å²) in [7, 11) is 3.97. The number of furan rings is 1. The third-order valence-corrected chi connectivity index (χ3v) is 2.59. The van der Waals surface area contributed by atoms with Crippen molar-refractivity contribution in [3.8, 4) is 5.75 Å². The second kappa shape index (κ2) is 5.60. The summed E-state index contributed by atoms with van der Waals surface area (Å²) in [6, 6.07) is 11.4. The van der Waals surface area contributed by atoms with Crippen LogP contribution in [-0.4, -0.2) is 19.2 Å². The number of nitrogens with zero attached hydrogens (tertiary/aromatic N) is 1. The molecule has 1 N–H and O–H groups in total. The molecule has 96 valence electrons. The molecular weight excluding hydrogens is 230 g/mol. The number of hydrogen-bond donors (Lipinski definition) is 1. The van der Waals surface area contributed by atoms with Crippen molar-refractivity contribution in [3.05, 3.63) is 47.9 Å². The second-order valence-electron chi connectivity index (χ2n) is 4.21. The zero-order valence-corrected chi connectivity index (χ0v) is 10.6. The van der Waals surface area contributed by atoms with Gasteiger partial charge in [-0.25, -0.2) is 0 Å². The summed E-state index contributed by atoms with van der Waals surface area (Å²) in [5, 5.41) is 8.89. The number of ether oxygens (including phenoxy) is 1. The summed E-state index contributed by atoms with van der Waals surface area (Å²) in [6.07, 6.45) is 0. The van der Waals surface area contributed by atoms with Crippen molar-refractivity contribution in [2.24, 2.45) is 0 Å². The molecule has 0 unspecified atom stereocenters. The second-order valence-corrected chi connectivity index (χ2v) is 4.21. The smallest absolute Gasteiger partial charge is 0.146 e.